The number of aryl methyl sites for hydroxylation is 4. The normalized spacial score (nSPS) is 12.7. The average Bonchev–Trinajstić information content (AvgIpc) is 3.57. The van der Waals surface area contributed by atoms with E-state index in [9.17, 15) is 10.1 Å². The van der Waals surface area contributed by atoms with Crippen LogP contribution in [-0.4, -0.2) is 68.1 Å². The Morgan fingerprint density at radius 1 is 1.12 bits per heavy atom. The number of hydrogen-bond donors (Lipinski definition) is 1. The molecule has 0 aliphatic carbocycles. The number of hydrogen-bond acceptors (Lipinski definition) is 8. The van der Waals surface area contributed by atoms with Crippen LogP contribution < -0.4 is 10.2 Å². The predicted molar refractivity (Wildman–Crippen MR) is 166 cm³/mol. The molecule has 0 saturated heterocycles. The van der Waals surface area contributed by atoms with Gasteiger partial charge in [-0.1, -0.05) is 18.2 Å². The van der Waals surface area contributed by atoms with E-state index in [1.807, 2.05) is 56.8 Å². The first-order valence-corrected chi connectivity index (χ1v) is 14.1. The zero-order chi connectivity index (χ0) is 29.5. The number of nitro groups is 1. The van der Waals surface area contributed by atoms with Crippen LogP contribution in [0.4, 0.5) is 23.0 Å². The third kappa shape index (κ3) is 4.96. The Kier molecular flexibility index (Phi) is 7.11. The Balaban J connectivity index is 1.44. The van der Waals surface area contributed by atoms with E-state index in [0.717, 1.165) is 59.5 Å². The van der Waals surface area contributed by atoms with Gasteiger partial charge in [-0.05, 0) is 51.1 Å². The standard InChI is InChI=1S/C31H35N9O2/c1-20-16-26(37(4)15-14-36(2)3)27(40(41)42)17-25(20)34-31-33-18-23(30-32-11-13-38(30)5)28(35-31)24-19-39-12-7-9-21-8-6-10-22(24)29(21)39/h6,8,10-11,13,16-19H,7,9,12,14-15H2,1-5H3,(H,33,34,35). The first-order valence-electron chi connectivity index (χ1n) is 14.1. The second-order valence-electron chi connectivity index (χ2n) is 11.2. The molecule has 11 nitrogen and oxygen atoms in total. The van der Waals surface area contributed by atoms with Crippen molar-refractivity contribution in [2.24, 2.45) is 7.05 Å². The molecule has 0 bridgehead atoms. The number of para-hydroxylation sites is 1. The van der Waals surface area contributed by atoms with E-state index in [1.54, 1.807) is 18.5 Å². The minimum Gasteiger partial charge on any atom is -0.368 e. The van der Waals surface area contributed by atoms with Gasteiger partial charge < -0.3 is 24.3 Å². The van der Waals surface area contributed by atoms with Gasteiger partial charge in [0.05, 0.1) is 27.4 Å². The van der Waals surface area contributed by atoms with Crippen molar-refractivity contribution in [1.29, 1.82) is 0 Å². The fourth-order valence-corrected chi connectivity index (χ4v) is 5.74. The van der Waals surface area contributed by atoms with E-state index in [2.05, 4.69) is 49.1 Å². The molecule has 3 aromatic heterocycles. The minimum absolute atomic E-state index is 0.0307. The third-order valence-corrected chi connectivity index (χ3v) is 7.99. The highest BCUT2D eigenvalue weighted by molar-refractivity contribution is 6.00. The number of imidazole rings is 1. The number of aromatic nitrogens is 5. The van der Waals surface area contributed by atoms with Crippen molar-refractivity contribution in [3.63, 3.8) is 0 Å². The van der Waals surface area contributed by atoms with E-state index >= 15 is 0 Å². The Morgan fingerprint density at radius 3 is 2.69 bits per heavy atom. The summed E-state index contributed by atoms with van der Waals surface area (Å²) in [5.41, 5.74) is 7.23. The van der Waals surface area contributed by atoms with Crippen molar-refractivity contribution in [1.82, 2.24) is 29.0 Å². The van der Waals surface area contributed by atoms with Crippen molar-refractivity contribution in [2.45, 2.75) is 26.3 Å². The molecular formula is C31H35N9O2. The summed E-state index contributed by atoms with van der Waals surface area (Å²) < 4.78 is 4.27. The van der Waals surface area contributed by atoms with Crippen LogP contribution in [0.5, 0.6) is 0 Å². The second kappa shape index (κ2) is 10.9. The van der Waals surface area contributed by atoms with E-state index < -0.39 is 0 Å². The van der Waals surface area contributed by atoms with Crippen LogP contribution in [0.25, 0.3) is 33.5 Å². The molecule has 6 rings (SSSR count). The van der Waals surface area contributed by atoms with Crippen molar-refractivity contribution >= 4 is 33.9 Å². The number of rotatable bonds is 9. The molecule has 5 aromatic rings. The summed E-state index contributed by atoms with van der Waals surface area (Å²) in [6, 6.07) is 9.88. The van der Waals surface area contributed by atoms with Gasteiger partial charge in [-0.2, -0.15) is 0 Å². The Bertz CT molecular complexity index is 1800. The van der Waals surface area contributed by atoms with Gasteiger partial charge in [0, 0.05) is 75.5 Å². The molecule has 1 aliphatic rings. The lowest BCUT2D eigenvalue weighted by molar-refractivity contribution is -0.384. The minimum atomic E-state index is -0.337. The van der Waals surface area contributed by atoms with Crippen LogP contribution in [0.15, 0.2) is 55.1 Å². The van der Waals surface area contributed by atoms with Gasteiger partial charge in [0.2, 0.25) is 5.95 Å². The Labute approximate surface area is 244 Å². The van der Waals surface area contributed by atoms with E-state index in [4.69, 9.17) is 4.98 Å². The molecule has 42 heavy (non-hydrogen) atoms. The van der Waals surface area contributed by atoms with E-state index in [1.165, 1.54) is 11.1 Å². The SMILES string of the molecule is Cc1cc(N(C)CCN(C)C)c([N+](=O)[O-])cc1Nc1ncc(-c2nccn2C)c(-c2cn3c4c(cccc24)CCC3)n1. The highest BCUT2D eigenvalue weighted by Crippen LogP contribution is 2.39. The molecule has 0 radical (unpaired) electrons. The van der Waals surface area contributed by atoms with Gasteiger partial charge in [0.25, 0.3) is 5.69 Å². The largest absolute Gasteiger partial charge is 0.368 e. The number of benzene rings is 2. The molecule has 0 unspecified atom stereocenters. The molecule has 0 saturated carbocycles. The molecule has 11 heteroatoms. The Hall–Kier alpha value is -4.77. The summed E-state index contributed by atoms with van der Waals surface area (Å²) >= 11 is 0. The second-order valence-corrected chi connectivity index (χ2v) is 11.2. The summed E-state index contributed by atoms with van der Waals surface area (Å²) in [5.74, 6) is 1.13. The molecule has 0 fully saturated rings. The average molecular weight is 566 g/mol. The van der Waals surface area contributed by atoms with Gasteiger partial charge in [-0.25, -0.2) is 15.0 Å². The highest BCUT2D eigenvalue weighted by Gasteiger charge is 2.24. The van der Waals surface area contributed by atoms with Crippen molar-refractivity contribution < 1.29 is 4.92 Å². The molecule has 4 heterocycles. The molecule has 2 aromatic carbocycles. The highest BCUT2D eigenvalue weighted by atomic mass is 16.6. The smallest absolute Gasteiger partial charge is 0.294 e. The fourth-order valence-electron chi connectivity index (χ4n) is 5.74. The number of nitrogens with one attached hydrogen (secondary N) is 1. The molecule has 1 N–H and O–H groups in total. The van der Waals surface area contributed by atoms with Gasteiger partial charge in [-0.3, -0.25) is 10.1 Å². The van der Waals surface area contributed by atoms with Crippen molar-refractivity contribution in [2.75, 3.05) is 44.4 Å². The van der Waals surface area contributed by atoms with Gasteiger partial charge in [0.1, 0.15) is 11.5 Å². The number of nitro benzene ring substituents is 1. The Morgan fingerprint density at radius 2 is 1.95 bits per heavy atom. The lowest BCUT2D eigenvalue weighted by Crippen LogP contribution is -2.29. The first kappa shape index (κ1) is 27.4. The summed E-state index contributed by atoms with van der Waals surface area (Å²) in [7, 11) is 7.80. The maximum absolute atomic E-state index is 12.1. The fraction of sp³-hybridized carbons (Fsp3) is 0.323. The zero-order valence-electron chi connectivity index (χ0n) is 24.6. The molecule has 1 aliphatic heterocycles. The number of likely N-dealkylation sites (N-methyl/N-ethyl adjacent to an activating group) is 2. The summed E-state index contributed by atoms with van der Waals surface area (Å²) in [5, 5.41) is 16.5. The first-order chi connectivity index (χ1) is 20.2. The summed E-state index contributed by atoms with van der Waals surface area (Å²) in [6.07, 6.45) is 9.79. The van der Waals surface area contributed by atoms with Gasteiger partial charge in [0.15, 0.2) is 0 Å². The number of nitrogens with zero attached hydrogens (tertiary/aromatic N) is 8. The molecule has 216 valence electrons. The van der Waals surface area contributed by atoms with Crippen LogP contribution in [0, 0.1) is 17.0 Å². The van der Waals surface area contributed by atoms with Crippen LogP contribution >= 0.6 is 0 Å². The van der Waals surface area contributed by atoms with Crippen molar-refractivity contribution in [3.8, 4) is 22.6 Å². The van der Waals surface area contributed by atoms with Crippen LogP contribution in [0.2, 0.25) is 0 Å². The lowest BCUT2D eigenvalue weighted by atomic mass is 10.0. The predicted octanol–water partition coefficient (Wildman–Crippen LogP) is 5.40. The molecule has 0 atom stereocenters. The summed E-state index contributed by atoms with van der Waals surface area (Å²) in [4.78, 5) is 30.0. The maximum atomic E-state index is 12.1. The quantitative estimate of drug-likeness (QED) is 0.187. The molecular weight excluding hydrogens is 530 g/mol. The van der Waals surface area contributed by atoms with Gasteiger partial charge in [-0.15, -0.1) is 0 Å². The van der Waals surface area contributed by atoms with Crippen molar-refractivity contribution in [3.05, 3.63) is 76.4 Å². The zero-order valence-corrected chi connectivity index (χ0v) is 24.6. The van der Waals surface area contributed by atoms with Crippen LogP contribution in [0.3, 0.4) is 0 Å². The topological polar surface area (TPSA) is 110 Å². The van der Waals surface area contributed by atoms with Gasteiger partial charge >= 0.3 is 0 Å². The van der Waals surface area contributed by atoms with Crippen LogP contribution in [-0.2, 0) is 20.0 Å². The maximum Gasteiger partial charge on any atom is 0.294 e. The molecule has 0 amide bonds. The van der Waals surface area contributed by atoms with E-state index in [0.29, 0.717) is 23.9 Å². The lowest BCUT2D eigenvalue weighted by Gasteiger charge is -2.22. The van der Waals surface area contributed by atoms with Crippen LogP contribution in [0.1, 0.15) is 17.5 Å². The monoisotopic (exact) mass is 565 g/mol. The number of anilines is 3. The summed E-state index contributed by atoms with van der Waals surface area (Å²) in [6.45, 7) is 4.34. The molecule has 0 spiro atoms. The third-order valence-electron chi connectivity index (χ3n) is 7.99. The van der Waals surface area contributed by atoms with E-state index in [-0.39, 0.29) is 10.6 Å².